The Bertz CT molecular complexity index is 390. The van der Waals surface area contributed by atoms with E-state index in [1.807, 2.05) is 19.9 Å². The SMILES string of the molecule is CC/C=C\C(=C/CC)S(=O)(=O)NC1CCCCC1. The van der Waals surface area contributed by atoms with Gasteiger partial charge in [-0.2, -0.15) is 0 Å². The first-order valence-electron chi connectivity index (χ1n) is 6.99. The van der Waals surface area contributed by atoms with E-state index < -0.39 is 10.0 Å². The molecular formula is C14H25NO2S. The Balaban J connectivity index is 2.74. The van der Waals surface area contributed by atoms with Crippen LogP contribution in [-0.2, 0) is 10.0 Å². The van der Waals surface area contributed by atoms with E-state index in [1.165, 1.54) is 6.42 Å². The van der Waals surface area contributed by atoms with Crippen LogP contribution in [0, 0.1) is 0 Å². The van der Waals surface area contributed by atoms with Gasteiger partial charge in [0.1, 0.15) is 0 Å². The van der Waals surface area contributed by atoms with Crippen LogP contribution in [0.4, 0.5) is 0 Å². The Morgan fingerprint density at radius 3 is 2.39 bits per heavy atom. The van der Waals surface area contributed by atoms with Crippen LogP contribution in [0.2, 0.25) is 0 Å². The van der Waals surface area contributed by atoms with Crippen LogP contribution in [0.15, 0.2) is 23.1 Å². The van der Waals surface area contributed by atoms with E-state index in [1.54, 1.807) is 12.2 Å². The van der Waals surface area contributed by atoms with Crippen LogP contribution in [0.1, 0.15) is 58.8 Å². The van der Waals surface area contributed by atoms with Crippen LogP contribution in [0.5, 0.6) is 0 Å². The fourth-order valence-corrected chi connectivity index (χ4v) is 3.68. The zero-order valence-corrected chi connectivity index (χ0v) is 12.3. The molecule has 1 fully saturated rings. The Morgan fingerprint density at radius 2 is 1.83 bits per heavy atom. The molecule has 0 atom stereocenters. The molecule has 0 bridgehead atoms. The zero-order valence-electron chi connectivity index (χ0n) is 11.5. The largest absolute Gasteiger partial charge is 0.240 e. The molecule has 0 aliphatic heterocycles. The van der Waals surface area contributed by atoms with Gasteiger partial charge < -0.3 is 0 Å². The molecule has 3 nitrogen and oxygen atoms in total. The lowest BCUT2D eigenvalue weighted by atomic mass is 9.96. The predicted octanol–water partition coefficient (Wildman–Crippen LogP) is 3.50. The third-order valence-electron chi connectivity index (χ3n) is 3.16. The van der Waals surface area contributed by atoms with Crippen molar-refractivity contribution in [3.8, 4) is 0 Å². The molecule has 1 saturated carbocycles. The number of rotatable bonds is 6. The first-order valence-corrected chi connectivity index (χ1v) is 8.47. The van der Waals surface area contributed by atoms with Crippen LogP contribution >= 0.6 is 0 Å². The monoisotopic (exact) mass is 271 g/mol. The lowest BCUT2D eigenvalue weighted by Gasteiger charge is -2.22. The molecule has 1 aliphatic carbocycles. The Hall–Kier alpha value is -0.610. The molecule has 1 aliphatic rings. The highest BCUT2D eigenvalue weighted by Crippen LogP contribution is 2.20. The van der Waals surface area contributed by atoms with Gasteiger partial charge in [0.05, 0.1) is 4.91 Å². The van der Waals surface area contributed by atoms with Gasteiger partial charge in [0.15, 0.2) is 0 Å². The Kier molecular flexibility index (Phi) is 6.65. The van der Waals surface area contributed by atoms with Crippen LogP contribution in [-0.4, -0.2) is 14.5 Å². The molecule has 1 rings (SSSR count). The maximum Gasteiger partial charge on any atom is 0.240 e. The maximum atomic E-state index is 12.3. The van der Waals surface area contributed by atoms with Crippen molar-refractivity contribution >= 4 is 10.0 Å². The summed E-state index contributed by atoms with van der Waals surface area (Å²) < 4.78 is 27.4. The van der Waals surface area contributed by atoms with Gasteiger partial charge in [0.2, 0.25) is 10.0 Å². The molecule has 0 spiro atoms. The molecule has 0 unspecified atom stereocenters. The molecule has 0 aromatic carbocycles. The zero-order chi connectivity index (χ0) is 13.4. The summed E-state index contributed by atoms with van der Waals surface area (Å²) in [6.45, 7) is 3.96. The molecule has 0 aromatic rings. The molecule has 0 aromatic heterocycles. The van der Waals surface area contributed by atoms with E-state index in [0.29, 0.717) is 4.91 Å². The predicted molar refractivity (Wildman–Crippen MR) is 76.7 cm³/mol. The minimum Gasteiger partial charge on any atom is -0.208 e. The molecule has 0 heterocycles. The topological polar surface area (TPSA) is 46.2 Å². The van der Waals surface area contributed by atoms with Crippen molar-refractivity contribution in [2.75, 3.05) is 0 Å². The second-order valence-electron chi connectivity index (χ2n) is 4.78. The normalized spacial score (nSPS) is 19.6. The highest BCUT2D eigenvalue weighted by atomic mass is 32.2. The van der Waals surface area contributed by atoms with Crippen molar-refractivity contribution in [2.45, 2.75) is 64.8 Å². The number of sulfonamides is 1. The van der Waals surface area contributed by atoms with Gasteiger partial charge in [0, 0.05) is 6.04 Å². The lowest BCUT2D eigenvalue weighted by molar-refractivity contribution is 0.413. The molecule has 0 amide bonds. The second-order valence-corrected chi connectivity index (χ2v) is 6.50. The van der Waals surface area contributed by atoms with Gasteiger partial charge in [-0.1, -0.05) is 45.3 Å². The molecular weight excluding hydrogens is 246 g/mol. The fourth-order valence-electron chi connectivity index (χ4n) is 2.21. The molecule has 0 saturated heterocycles. The summed E-state index contributed by atoms with van der Waals surface area (Å²) in [4.78, 5) is 0.414. The first-order chi connectivity index (χ1) is 8.60. The molecule has 0 radical (unpaired) electrons. The van der Waals surface area contributed by atoms with Crippen molar-refractivity contribution in [1.29, 1.82) is 0 Å². The number of hydrogen-bond acceptors (Lipinski definition) is 2. The number of allylic oxidation sites excluding steroid dienone is 3. The van der Waals surface area contributed by atoms with Gasteiger partial charge in [-0.25, -0.2) is 13.1 Å². The summed E-state index contributed by atoms with van der Waals surface area (Å²) in [7, 11) is -3.33. The summed E-state index contributed by atoms with van der Waals surface area (Å²) in [6, 6.07) is 0.124. The fraction of sp³-hybridized carbons (Fsp3) is 0.714. The second kappa shape index (κ2) is 7.74. The molecule has 18 heavy (non-hydrogen) atoms. The van der Waals surface area contributed by atoms with Crippen molar-refractivity contribution in [3.63, 3.8) is 0 Å². The van der Waals surface area contributed by atoms with E-state index in [2.05, 4.69) is 4.72 Å². The van der Waals surface area contributed by atoms with E-state index >= 15 is 0 Å². The average Bonchev–Trinajstić information content (AvgIpc) is 2.35. The third kappa shape index (κ3) is 4.94. The molecule has 1 N–H and O–H groups in total. The number of hydrogen-bond donors (Lipinski definition) is 1. The summed E-state index contributed by atoms with van der Waals surface area (Å²) in [6.07, 6.45) is 12.4. The molecule has 104 valence electrons. The van der Waals surface area contributed by atoms with Crippen molar-refractivity contribution < 1.29 is 8.42 Å². The van der Waals surface area contributed by atoms with Gasteiger partial charge in [-0.05, 0) is 31.8 Å². The molecule has 4 heteroatoms. The van der Waals surface area contributed by atoms with Gasteiger partial charge in [-0.3, -0.25) is 0 Å². The lowest BCUT2D eigenvalue weighted by Crippen LogP contribution is -2.36. The van der Waals surface area contributed by atoms with Gasteiger partial charge >= 0.3 is 0 Å². The summed E-state index contributed by atoms with van der Waals surface area (Å²) in [5.41, 5.74) is 0. The van der Waals surface area contributed by atoms with E-state index in [0.717, 1.165) is 38.5 Å². The quantitative estimate of drug-likeness (QED) is 0.752. The highest BCUT2D eigenvalue weighted by molar-refractivity contribution is 7.93. The van der Waals surface area contributed by atoms with Crippen molar-refractivity contribution in [1.82, 2.24) is 4.72 Å². The van der Waals surface area contributed by atoms with E-state index in [-0.39, 0.29) is 6.04 Å². The average molecular weight is 271 g/mol. The Morgan fingerprint density at radius 1 is 1.17 bits per heavy atom. The Labute approximate surface area is 111 Å². The third-order valence-corrected chi connectivity index (χ3v) is 4.73. The van der Waals surface area contributed by atoms with Gasteiger partial charge in [0.25, 0.3) is 0 Å². The van der Waals surface area contributed by atoms with Crippen LogP contribution in [0.25, 0.3) is 0 Å². The number of nitrogens with one attached hydrogen (secondary N) is 1. The smallest absolute Gasteiger partial charge is 0.208 e. The minimum atomic E-state index is -3.33. The van der Waals surface area contributed by atoms with Gasteiger partial charge in [-0.15, -0.1) is 0 Å². The summed E-state index contributed by atoms with van der Waals surface area (Å²) >= 11 is 0. The highest BCUT2D eigenvalue weighted by Gasteiger charge is 2.21. The summed E-state index contributed by atoms with van der Waals surface area (Å²) in [5.74, 6) is 0. The standard InChI is InChI=1S/C14H25NO2S/c1-3-5-12-14(9-4-2)18(16,17)15-13-10-7-6-8-11-13/h5,9,12-13,15H,3-4,6-8,10-11H2,1-2H3/b12-5-,14-9+. The maximum absolute atomic E-state index is 12.3. The van der Waals surface area contributed by atoms with Crippen LogP contribution in [0.3, 0.4) is 0 Å². The summed E-state index contributed by atoms with van der Waals surface area (Å²) in [5, 5.41) is 0. The van der Waals surface area contributed by atoms with Crippen molar-refractivity contribution in [3.05, 3.63) is 23.1 Å². The first kappa shape index (κ1) is 15.4. The minimum absolute atomic E-state index is 0.124. The van der Waals surface area contributed by atoms with E-state index in [4.69, 9.17) is 0 Å². The van der Waals surface area contributed by atoms with E-state index in [9.17, 15) is 8.42 Å². The van der Waals surface area contributed by atoms with Crippen molar-refractivity contribution in [2.24, 2.45) is 0 Å². The van der Waals surface area contributed by atoms with Crippen LogP contribution < -0.4 is 4.72 Å².